The third-order valence-electron chi connectivity index (χ3n) is 4.17. The van der Waals surface area contributed by atoms with Gasteiger partial charge in [0.05, 0.1) is 24.4 Å². The van der Waals surface area contributed by atoms with E-state index >= 15 is 0 Å². The zero-order valence-corrected chi connectivity index (χ0v) is 12.6. The summed E-state index contributed by atoms with van der Waals surface area (Å²) in [6.07, 6.45) is 1.21. The van der Waals surface area contributed by atoms with Gasteiger partial charge in [0.1, 0.15) is 6.10 Å². The number of methoxy groups -OCH3 is 1. The maximum Gasteiger partial charge on any atom is 0.217 e. The lowest BCUT2D eigenvalue weighted by atomic mass is 9.92. The van der Waals surface area contributed by atoms with Crippen LogP contribution in [0, 0.1) is 6.92 Å². The van der Waals surface area contributed by atoms with Crippen molar-refractivity contribution in [2.45, 2.75) is 31.9 Å². The fourth-order valence-corrected chi connectivity index (χ4v) is 3.14. The fourth-order valence-electron chi connectivity index (χ4n) is 3.14. The number of hydrogen-bond donors (Lipinski definition) is 2. The summed E-state index contributed by atoms with van der Waals surface area (Å²) in [7, 11) is 3.43. The maximum atomic E-state index is 10.8. The van der Waals surface area contributed by atoms with Crippen molar-refractivity contribution in [3.05, 3.63) is 41.1 Å². The summed E-state index contributed by atoms with van der Waals surface area (Å²) in [5.41, 5.74) is 3.99. The number of aliphatic hydroxyl groups excluding tert-OH is 1. The molecule has 2 N–H and O–H groups in total. The van der Waals surface area contributed by atoms with Gasteiger partial charge < -0.3 is 15.2 Å². The van der Waals surface area contributed by atoms with Gasteiger partial charge >= 0.3 is 0 Å². The molecule has 1 aliphatic rings. The summed E-state index contributed by atoms with van der Waals surface area (Å²) < 4.78 is 7.06. The van der Waals surface area contributed by atoms with Gasteiger partial charge in [-0.05, 0) is 31.4 Å². The molecule has 0 bridgehead atoms. The molecule has 2 unspecified atom stereocenters. The highest BCUT2D eigenvalue weighted by atomic mass is 16.5. The molecule has 21 heavy (non-hydrogen) atoms. The van der Waals surface area contributed by atoms with E-state index in [1.165, 1.54) is 5.56 Å². The van der Waals surface area contributed by atoms with Crippen LogP contribution in [-0.2, 0) is 13.5 Å². The van der Waals surface area contributed by atoms with Crippen molar-refractivity contribution >= 4 is 5.69 Å². The SMILES string of the molecule is COc1c(C(O)C2CCc3ccccc3N2)c(C)nn1C. The molecule has 2 heterocycles. The van der Waals surface area contributed by atoms with Crippen LogP contribution in [0.4, 0.5) is 5.69 Å². The topological polar surface area (TPSA) is 59.3 Å². The maximum absolute atomic E-state index is 10.8. The number of nitrogens with one attached hydrogen (secondary N) is 1. The van der Waals surface area contributed by atoms with Gasteiger partial charge in [0.2, 0.25) is 5.88 Å². The molecule has 1 aromatic heterocycles. The lowest BCUT2D eigenvalue weighted by molar-refractivity contribution is 0.144. The fraction of sp³-hybridized carbons (Fsp3) is 0.438. The van der Waals surface area contributed by atoms with Crippen LogP contribution in [0.2, 0.25) is 0 Å². The number of anilines is 1. The Morgan fingerprint density at radius 2 is 2.19 bits per heavy atom. The molecule has 3 rings (SSSR count). The molecular weight excluding hydrogens is 266 g/mol. The molecule has 0 saturated carbocycles. The molecule has 1 aliphatic heterocycles. The molecule has 5 nitrogen and oxygen atoms in total. The third-order valence-corrected chi connectivity index (χ3v) is 4.17. The summed E-state index contributed by atoms with van der Waals surface area (Å²) in [6, 6.07) is 8.21. The molecule has 0 spiro atoms. The number of benzene rings is 1. The number of aliphatic hydroxyl groups is 1. The third kappa shape index (κ3) is 2.38. The van der Waals surface area contributed by atoms with Crippen molar-refractivity contribution in [3.8, 4) is 5.88 Å². The van der Waals surface area contributed by atoms with Crippen LogP contribution in [0.5, 0.6) is 5.88 Å². The molecule has 5 heteroatoms. The summed E-state index contributed by atoms with van der Waals surface area (Å²) >= 11 is 0. The largest absolute Gasteiger partial charge is 0.481 e. The average molecular weight is 287 g/mol. The molecular formula is C16H21N3O2. The van der Waals surface area contributed by atoms with Crippen LogP contribution in [-0.4, -0.2) is 28.0 Å². The van der Waals surface area contributed by atoms with Crippen molar-refractivity contribution in [1.82, 2.24) is 9.78 Å². The summed E-state index contributed by atoms with van der Waals surface area (Å²) in [4.78, 5) is 0. The Hall–Kier alpha value is -2.01. The van der Waals surface area contributed by atoms with Gasteiger partial charge in [-0.25, -0.2) is 4.68 Å². The number of hydrogen-bond acceptors (Lipinski definition) is 4. The Kier molecular flexibility index (Phi) is 3.59. The van der Waals surface area contributed by atoms with E-state index in [9.17, 15) is 5.11 Å². The first kappa shape index (κ1) is 13.9. The highest BCUT2D eigenvalue weighted by Crippen LogP contribution is 2.35. The summed E-state index contributed by atoms with van der Waals surface area (Å²) in [6.45, 7) is 1.90. The van der Waals surface area contributed by atoms with Gasteiger partial charge in [-0.15, -0.1) is 0 Å². The van der Waals surface area contributed by atoms with Crippen LogP contribution in [0.1, 0.15) is 29.3 Å². The Balaban J connectivity index is 1.89. The number of nitrogens with zero attached hydrogens (tertiary/aromatic N) is 2. The van der Waals surface area contributed by atoms with E-state index in [1.54, 1.807) is 11.8 Å². The van der Waals surface area contributed by atoms with Crippen molar-refractivity contribution in [3.63, 3.8) is 0 Å². The minimum Gasteiger partial charge on any atom is -0.481 e. The van der Waals surface area contributed by atoms with E-state index in [0.29, 0.717) is 5.88 Å². The number of para-hydroxylation sites is 1. The lowest BCUT2D eigenvalue weighted by Crippen LogP contribution is -2.32. The van der Waals surface area contributed by atoms with E-state index in [4.69, 9.17) is 4.74 Å². The predicted octanol–water partition coefficient (Wildman–Crippen LogP) is 2.20. The zero-order valence-electron chi connectivity index (χ0n) is 12.6. The molecule has 2 aromatic rings. The number of ether oxygens (including phenoxy) is 1. The lowest BCUT2D eigenvalue weighted by Gasteiger charge is -2.30. The minimum atomic E-state index is -0.637. The van der Waals surface area contributed by atoms with E-state index in [-0.39, 0.29) is 6.04 Å². The van der Waals surface area contributed by atoms with Crippen LogP contribution >= 0.6 is 0 Å². The van der Waals surface area contributed by atoms with Crippen molar-refractivity contribution in [2.75, 3.05) is 12.4 Å². The average Bonchev–Trinajstić information content (AvgIpc) is 2.79. The number of rotatable bonds is 3. The smallest absolute Gasteiger partial charge is 0.217 e. The standard InChI is InChI=1S/C16H21N3O2/c1-10-14(16(21-3)19(2)18-10)15(20)13-9-8-11-6-4-5-7-12(11)17-13/h4-7,13,15,17,20H,8-9H2,1-3H3. The summed E-state index contributed by atoms with van der Waals surface area (Å²) in [5, 5.41) is 18.6. The quantitative estimate of drug-likeness (QED) is 0.908. The first-order valence-corrected chi connectivity index (χ1v) is 7.21. The second-order valence-electron chi connectivity index (χ2n) is 5.52. The molecule has 0 saturated heterocycles. The van der Waals surface area contributed by atoms with E-state index in [2.05, 4.69) is 22.5 Å². The Bertz CT molecular complexity index is 651. The minimum absolute atomic E-state index is 0.0308. The Morgan fingerprint density at radius 3 is 2.95 bits per heavy atom. The molecule has 0 aliphatic carbocycles. The highest BCUT2D eigenvalue weighted by Gasteiger charge is 2.30. The molecule has 2 atom stereocenters. The van der Waals surface area contributed by atoms with Crippen LogP contribution in [0.15, 0.2) is 24.3 Å². The number of aromatic nitrogens is 2. The second kappa shape index (κ2) is 5.41. The molecule has 0 amide bonds. The van der Waals surface area contributed by atoms with Gasteiger partial charge in [0.15, 0.2) is 0 Å². The van der Waals surface area contributed by atoms with E-state index in [1.807, 2.05) is 26.1 Å². The van der Waals surface area contributed by atoms with Crippen molar-refractivity contribution < 1.29 is 9.84 Å². The zero-order chi connectivity index (χ0) is 15.0. The van der Waals surface area contributed by atoms with E-state index in [0.717, 1.165) is 29.8 Å². The van der Waals surface area contributed by atoms with Gasteiger partial charge in [-0.2, -0.15) is 5.10 Å². The van der Waals surface area contributed by atoms with Crippen LogP contribution in [0.25, 0.3) is 0 Å². The predicted molar refractivity (Wildman–Crippen MR) is 81.6 cm³/mol. The van der Waals surface area contributed by atoms with Crippen LogP contribution < -0.4 is 10.1 Å². The van der Waals surface area contributed by atoms with Gasteiger partial charge in [-0.3, -0.25) is 0 Å². The van der Waals surface area contributed by atoms with Gasteiger partial charge in [0.25, 0.3) is 0 Å². The van der Waals surface area contributed by atoms with Crippen molar-refractivity contribution in [2.24, 2.45) is 7.05 Å². The van der Waals surface area contributed by atoms with Gasteiger partial charge in [-0.1, -0.05) is 18.2 Å². The molecule has 0 fully saturated rings. The second-order valence-corrected chi connectivity index (χ2v) is 5.52. The highest BCUT2D eigenvalue weighted by molar-refractivity contribution is 5.54. The normalized spacial score (nSPS) is 18.8. The van der Waals surface area contributed by atoms with Gasteiger partial charge in [0, 0.05) is 12.7 Å². The molecule has 112 valence electrons. The summed E-state index contributed by atoms with van der Waals surface area (Å²) in [5.74, 6) is 0.626. The Morgan fingerprint density at radius 1 is 1.43 bits per heavy atom. The molecule has 1 aromatic carbocycles. The Labute approximate surface area is 124 Å². The first-order valence-electron chi connectivity index (χ1n) is 7.21. The first-order chi connectivity index (χ1) is 10.1. The van der Waals surface area contributed by atoms with Crippen LogP contribution in [0.3, 0.4) is 0 Å². The van der Waals surface area contributed by atoms with E-state index < -0.39 is 6.10 Å². The van der Waals surface area contributed by atoms with Crippen molar-refractivity contribution in [1.29, 1.82) is 0 Å². The number of aryl methyl sites for hydroxylation is 3. The monoisotopic (exact) mass is 287 g/mol. The number of fused-ring (bicyclic) bond motifs is 1. The molecule has 0 radical (unpaired) electrons.